The summed E-state index contributed by atoms with van der Waals surface area (Å²) in [6.07, 6.45) is -0.760. The Morgan fingerprint density at radius 2 is 2.25 bits per heavy atom. The van der Waals surface area contributed by atoms with Crippen LogP contribution in [0.15, 0.2) is 18.2 Å². The van der Waals surface area contributed by atoms with Crippen molar-refractivity contribution in [1.29, 1.82) is 0 Å². The van der Waals surface area contributed by atoms with Gasteiger partial charge < -0.3 is 20.3 Å². The Kier molecular flexibility index (Phi) is 3.99. The maximum absolute atomic E-state index is 11.3. The molecule has 1 unspecified atom stereocenters. The summed E-state index contributed by atoms with van der Waals surface area (Å²) in [5, 5.41) is 9.33. The van der Waals surface area contributed by atoms with Gasteiger partial charge in [0.2, 0.25) is 0 Å². The molecule has 0 aliphatic rings. The summed E-state index contributed by atoms with van der Waals surface area (Å²) in [6, 6.07) is 4.60. The molecule has 16 heavy (non-hydrogen) atoms. The predicted molar refractivity (Wildman–Crippen MR) is 59.2 cm³/mol. The summed E-state index contributed by atoms with van der Waals surface area (Å²) in [6.45, 7) is 3.57. The molecule has 0 saturated heterocycles. The molecule has 0 heterocycles. The number of carbonyl (C=O) groups is 1. The van der Waals surface area contributed by atoms with Crippen LogP contribution in [0.1, 0.15) is 13.8 Å². The van der Waals surface area contributed by atoms with Crippen LogP contribution in [0.4, 0.5) is 5.69 Å². The molecule has 1 atom stereocenters. The van der Waals surface area contributed by atoms with E-state index in [1.165, 1.54) is 6.07 Å². The highest BCUT2D eigenvalue weighted by molar-refractivity contribution is 5.75. The molecule has 5 nitrogen and oxygen atoms in total. The maximum Gasteiger partial charge on any atom is 0.347 e. The van der Waals surface area contributed by atoms with E-state index in [4.69, 9.17) is 15.2 Å². The van der Waals surface area contributed by atoms with Gasteiger partial charge in [-0.1, -0.05) is 6.07 Å². The predicted octanol–water partition coefficient (Wildman–Crippen LogP) is 1.30. The zero-order valence-corrected chi connectivity index (χ0v) is 9.27. The normalized spacial score (nSPS) is 11.9. The van der Waals surface area contributed by atoms with E-state index in [1.54, 1.807) is 26.0 Å². The first-order valence-electron chi connectivity index (χ1n) is 4.97. The molecule has 0 radical (unpaired) electrons. The number of nitrogens with two attached hydrogens (primary N) is 1. The van der Waals surface area contributed by atoms with Gasteiger partial charge in [0.1, 0.15) is 17.2 Å². The number of para-hydroxylation sites is 1. The van der Waals surface area contributed by atoms with Crippen LogP contribution in [-0.2, 0) is 9.53 Å². The van der Waals surface area contributed by atoms with E-state index in [0.717, 1.165) is 0 Å². The third-order valence-electron chi connectivity index (χ3n) is 1.97. The van der Waals surface area contributed by atoms with Gasteiger partial charge in [0, 0.05) is 0 Å². The molecule has 0 fully saturated rings. The van der Waals surface area contributed by atoms with E-state index in [-0.39, 0.29) is 17.2 Å². The number of ether oxygens (including phenoxy) is 2. The highest BCUT2D eigenvalue weighted by atomic mass is 16.6. The Labute approximate surface area is 93.8 Å². The Morgan fingerprint density at radius 1 is 1.56 bits per heavy atom. The molecular weight excluding hydrogens is 210 g/mol. The molecule has 1 aromatic carbocycles. The number of esters is 1. The number of phenols is 1. The summed E-state index contributed by atoms with van der Waals surface area (Å²) in [5.74, 6) is -0.278. The third kappa shape index (κ3) is 2.79. The topological polar surface area (TPSA) is 81.8 Å². The van der Waals surface area contributed by atoms with E-state index in [1.807, 2.05) is 0 Å². The lowest BCUT2D eigenvalue weighted by Crippen LogP contribution is -2.26. The standard InChI is InChI=1S/C11H15NO4/c1-3-15-11(14)7(2)16-9-6-4-5-8(13)10(9)12/h4-7,13H,3,12H2,1-2H3. The lowest BCUT2D eigenvalue weighted by atomic mass is 10.2. The number of anilines is 1. The van der Waals surface area contributed by atoms with Crippen molar-refractivity contribution in [2.45, 2.75) is 20.0 Å². The number of hydrogen-bond acceptors (Lipinski definition) is 5. The molecule has 3 N–H and O–H groups in total. The Bertz CT molecular complexity index is 378. The second-order valence-corrected chi connectivity index (χ2v) is 3.20. The van der Waals surface area contributed by atoms with Crippen molar-refractivity contribution < 1.29 is 19.4 Å². The van der Waals surface area contributed by atoms with E-state index in [0.29, 0.717) is 6.61 Å². The van der Waals surface area contributed by atoms with Crippen LogP contribution >= 0.6 is 0 Å². The van der Waals surface area contributed by atoms with E-state index in [2.05, 4.69) is 0 Å². The number of phenolic OH excluding ortho intramolecular Hbond substituents is 1. The second-order valence-electron chi connectivity index (χ2n) is 3.20. The molecule has 5 heteroatoms. The van der Waals surface area contributed by atoms with Crippen molar-refractivity contribution in [3.05, 3.63) is 18.2 Å². The minimum absolute atomic E-state index is 0.0754. The van der Waals surface area contributed by atoms with Crippen LogP contribution in [0.2, 0.25) is 0 Å². The van der Waals surface area contributed by atoms with Crippen molar-refractivity contribution in [3.63, 3.8) is 0 Å². The first-order chi connectivity index (χ1) is 7.56. The van der Waals surface area contributed by atoms with Crippen molar-refractivity contribution in [2.24, 2.45) is 0 Å². The Morgan fingerprint density at radius 3 is 2.88 bits per heavy atom. The van der Waals surface area contributed by atoms with Gasteiger partial charge in [-0.05, 0) is 26.0 Å². The molecule has 0 aliphatic carbocycles. The summed E-state index contributed by atoms with van der Waals surface area (Å²) in [5.41, 5.74) is 5.69. The van der Waals surface area contributed by atoms with Crippen LogP contribution < -0.4 is 10.5 Å². The van der Waals surface area contributed by atoms with Gasteiger partial charge in [0.05, 0.1) is 6.61 Å². The van der Waals surface area contributed by atoms with Gasteiger partial charge in [0.25, 0.3) is 0 Å². The summed E-state index contributed by atoms with van der Waals surface area (Å²) in [7, 11) is 0. The molecule has 0 aromatic heterocycles. The SMILES string of the molecule is CCOC(=O)C(C)Oc1cccc(O)c1N. The molecule has 0 saturated carbocycles. The fourth-order valence-electron chi connectivity index (χ4n) is 1.13. The summed E-state index contributed by atoms with van der Waals surface area (Å²) in [4.78, 5) is 11.3. The minimum atomic E-state index is -0.760. The first-order valence-corrected chi connectivity index (χ1v) is 4.97. The molecule has 1 aromatic rings. The number of aromatic hydroxyl groups is 1. The van der Waals surface area contributed by atoms with Crippen molar-refractivity contribution >= 4 is 11.7 Å². The molecule has 1 rings (SSSR count). The quantitative estimate of drug-likeness (QED) is 0.458. The summed E-state index contributed by atoms with van der Waals surface area (Å²) < 4.78 is 10.1. The highest BCUT2D eigenvalue weighted by Crippen LogP contribution is 2.30. The van der Waals surface area contributed by atoms with Gasteiger partial charge in [-0.3, -0.25) is 0 Å². The van der Waals surface area contributed by atoms with Crippen LogP contribution in [0.3, 0.4) is 0 Å². The number of hydrogen-bond donors (Lipinski definition) is 2. The van der Waals surface area contributed by atoms with Crippen LogP contribution in [0, 0.1) is 0 Å². The van der Waals surface area contributed by atoms with Crippen molar-refractivity contribution in [2.75, 3.05) is 12.3 Å². The molecular formula is C11H15NO4. The lowest BCUT2D eigenvalue weighted by molar-refractivity contribution is -0.150. The Hall–Kier alpha value is -1.91. The van der Waals surface area contributed by atoms with Crippen LogP contribution in [0.5, 0.6) is 11.5 Å². The average Bonchev–Trinajstić information content (AvgIpc) is 2.25. The smallest absolute Gasteiger partial charge is 0.347 e. The lowest BCUT2D eigenvalue weighted by Gasteiger charge is -2.15. The monoisotopic (exact) mass is 225 g/mol. The fourth-order valence-corrected chi connectivity index (χ4v) is 1.13. The number of rotatable bonds is 4. The van der Waals surface area contributed by atoms with Crippen LogP contribution in [-0.4, -0.2) is 23.8 Å². The second kappa shape index (κ2) is 5.25. The molecule has 0 bridgehead atoms. The highest BCUT2D eigenvalue weighted by Gasteiger charge is 2.17. The van der Waals surface area contributed by atoms with Gasteiger partial charge >= 0.3 is 5.97 Å². The van der Waals surface area contributed by atoms with Crippen LogP contribution in [0.25, 0.3) is 0 Å². The largest absolute Gasteiger partial charge is 0.506 e. The third-order valence-corrected chi connectivity index (χ3v) is 1.97. The molecule has 0 spiro atoms. The van der Waals surface area contributed by atoms with Gasteiger partial charge in [0.15, 0.2) is 6.10 Å². The van der Waals surface area contributed by atoms with Crippen molar-refractivity contribution in [3.8, 4) is 11.5 Å². The number of benzene rings is 1. The fraction of sp³-hybridized carbons (Fsp3) is 0.364. The van der Waals surface area contributed by atoms with E-state index >= 15 is 0 Å². The molecule has 0 aliphatic heterocycles. The van der Waals surface area contributed by atoms with E-state index < -0.39 is 12.1 Å². The van der Waals surface area contributed by atoms with Gasteiger partial charge in [-0.2, -0.15) is 0 Å². The average molecular weight is 225 g/mol. The van der Waals surface area contributed by atoms with Crippen molar-refractivity contribution in [1.82, 2.24) is 0 Å². The zero-order valence-electron chi connectivity index (χ0n) is 9.27. The minimum Gasteiger partial charge on any atom is -0.506 e. The Balaban J connectivity index is 2.73. The maximum atomic E-state index is 11.3. The van der Waals surface area contributed by atoms with E-state index in [9.17, 15) is 9.90 Å². The zero-order chi connectivity index (χ0) is 12.1. The van der Waals surface area contributed by atoms with Gasteiger partial charge in [-0.15, -0.1) is 0 Å². The summed E-state index contributed by atoms with van der Waals surface area (Å²) >= 11 is 0. The number of nitrogen functional groups attached to an aromatic ring is 1. The molecule has 0 amide bonds. The first kappa shape index (κ1) is 12.2. The number of carbonyl (C=O) groups excluding carboxylic acids is 1. The van der Waals surface area contributed by atoms with Gasteiger partial charge in [-0.25, -0.2) is 4.79 Å². The molecule has 88 valence electrons.